The van der Waals surface area contributed by atoms with Gasteiger partial charge < -0.3 is 14.5 Å². The molecule has 2 heterocycles. The number of esters is 1. The number of benzene rings is 1. The van der Waals surface area contributed by atoms with Gasteiger partial charge in [-0.3, -0.25) is 9.78 Å². The van der Waals surface area contributed by atoms with E-state index in [1.165, 1.54) is 13.2 Å². The van der Waals surface area contributed by atoms with Gasteiger partial charge >= 0.3 is 11.7 Å². The molecule has 0 aliphatic carbocycles. The first-order chi connectivity index (χ1) is 10.6. The molecule has 8 heteroatoms. The van der Waals surface area contributed by atoms with E-state index in [-0.39, 0.29) is 5.91 Å². The van der Waals surface area contributed by atoms with Crippen molar-refractivity contribution in [1.29, 1.82) is 0 Å². The van der Waals surface area contributed by atoms with E-state index in [2.05, 4.69) is 15.0 Å². The first-order valence-corrected chi connectivity index (χ1v) is 7.01. The zero-order chi connectivity index (χ0) is 15.7. The molecule has 7 nitrogen and oxygen atoms in total. The normalized spacial score (nSPS) is 10.6. The Hall–Kier alpha value is -2.87. The largest absolute Gasteiger partial charge is 0.465 e. The minimum Gasteiger partial charge on any atom is -0.465 e. The van der Waals surface area contributed by atoms with Gasteiger partial charge in [0.15, 0.2) is 5.58 Å². The molecule has 0 spiro atoms. The molecule has 1 aromatic carbocycles. The lowest BCUT2D eigenvalue weighted by Gasteiger charge is -2.02. The van der Waals surface area contributed by atoms with Crippen LogP contribution in [0.4, 0.5) is 5.69 Å². The van der Waals surface area contributed by atoms with Crippen LogP contribution < -0.4 is 11.1 Å². The first kappa shape index (κ1) is 14.1. The van der Waals surface area contributed by atoms with Gasteiger partial charge in [-0.05, 0) is 30.3 Å². The molecule has 3 aromatic rings. The Morgan fingerprint density at radius 3 is 2.77 bits per heavy atom. The summed E-state index contributed by atoms with van der Waals surface area (Å²) >= 11 is 1.04. The van der Waals surface area contributed by atoms with E-state index in [4.69, 9.17) is 4.42 Å². The highest BCUT2D eigenvalue weighted by molar-refractivity contribution is 7.16. The monoisotopic (exact) mass is 318 g/mol. The number of thiophene rings is 1. The lowest BCUT2D eigenvalue weighted by Crippen LogP contribution is -2.10. The second-order valence-corrected chi connectivity index (χ2v) is 5.42. The number of rotatable bonds is 3. The Bertz CT molecular complexity index is 921. The fourth-order valence-electron chi connectivity index (χ4n) is 1.89. The Labute approximate surface area is 127 Å². The Kier molecular flexibility index (Phi) is 3.51. The number of aromatic nitrogens is 1. The number of methoxy groups -OCH3 is 1. The van der Waals surface area contributed by atoms with Gasteiger partial charge in [0.25, 0.3) is 5.91 Å². The molecule has 0 fully saturated rings. The third kappa shape index (κ3) is 2.63. The van der Waals surface area contributed by atoms with Crippen LogP contribution in [0.25, 0.3) is 11.1 Å². The molecular formula is C14H10N2O5S. The van der Waals surface area contributed by atoms with Crippen molar-refractivity contribution in [2.45, 2.75) is 0 Å². The van der Waals surface area contributed by atoms with E-state index in [1.54, 1.807) is 24.3 Å². The van der Waals surface area contributed by atoms with Crippen molar-refractivity contribution in [3.63, 3.8) is 0 Å². The van der Waals surface area contributed by atoms with Crippen LogP contribution in [-0.2, 0) is 4.74 Å². The maximum absolute atomic E-state index is 12.1. The number of anilines is 1. The highest BCUT2D eigenvalue weighted by Crippen LogP contribution is 2.21. The van der Waals surface area contributed by atoms with Crippen LogP contribution in [0.2, 0.25) is 0 Å². The summed E-state index contributed by atoms with van der Waals surface area (Å²) in [5.41, 5.74) is 1.40. The van der Waals surface area contributed by atoms with Crippen molar-refractivity contribution >= 4 is 40.0 Å². The minimum absolute atomic E-state index is 0.349. The topological polar surface area (TPSA) is 101 Å². The van der Waals surface area contributed by atoms with Gasteiger partial charge in [-0.15, -0.1) is 11.3 Å². The second kappa shape index (κ2) is 5.49. The van der Waals surface area contributed by atoms with E-state index >= 15 is 0 Å². The van der Waals surface area contributed by atoms with Gasteiger partial charge in [0.05, 0.1) is 17.5 Å². The van der Waals surface area contributed by atoms with Crippen LogP contribution in [0.15, 0.2) is 39.5 Å². The molecule has 112 valence electrons. The highest BCUT2D eigenvalue weighted by Gasteiger charge is 2.14. The summed E-state index contributed by atoms with van der Waals surface area (Å²) in [5, 5.41) is 2.69. The number of hydrogen-bond donors (Lipinski definition) is 2. The van der Waals surface area contributed by atoms with Crippen LogP contribution >= 0.6 is 11.3 Å². The third-order valence-electron chi connectivity index (χ3n) is 2.89. The molecule has 0 aliphatic rings. The molecule has 2 aromatic heterocycles. The smallest absolute Gasteiger partial charge is 0.417 e. The summed E-state index contributed by atoms with van der Waals surface area (Å²) < 4.78 is 9.48. The fourth-order valence-corrected chi connectivity index (χ4v) is 2.71. The molecule has 3 rings (SSSR count). The van der Waals surface area contributed by atoms with Gasteiger partial charge in [-0.25, -0.2) is 9.59 Å². The van der Waals surface area contributed by atoms with Crippen molar-refractivity contribution in [1.82, 2.24) is 4.98 Å². The Morgan fingerprint density at radius 1 is 1.23 bits per heavy atom. The molecule has 0 unspecified atom stereocenters. The zero-order valence-corrected chi connectivity index (χ0v) is 12.2. The summed E-state index contributed by atoms with van der Waals surface area (Å²) in [7, 11) is 1.28. The predicted octanol–water partition coefficient (Wildman–Crippen LogP) is 2.22. The van der Waals surface area contributed by atoms with E-state index in [1.807, 2.05) is 0 Å². The van der Waals surface area contributed by atoms with Gasteiger partial charge in [0, 0.05) is 5.69 Å². The summed E-state index contributed by atoms with van der Waals surface area (Å²) in [6.07, 6.45) is 0. The number of ether oxygens (including phenoxy) is 1. The molecular weight excluding hydrogens is 308 g/mol. The maximum atomic E-state index is 12.1. The van der Waals surface area contributed by atoms with Crippen molar-refractivity contribution in [3.05, 3.63) is 50.6 Å². The summed E-state index contributed by atoms with van der Waals surface area (Å²) in [6, 6.07) is 7.86. The lowest BCUT2D eigenvalue weighted by molar-refractivity contribution is 0.0606. The molecule has 0 atom stereocenters. The summed E-state index contributed by atoms with van der Waals surface area (Å²) in [6.45, 7) is 0. The summed E-state index contributed by atoms with van der Waals surface area (Å²) in [4.78, 5) is 37.8. The molecule has 0 radical (unpaired) electrons. The van der Waals surface area contributed by atoms with Crippen molar-refractivity contribution in [3.8, 4) is 0 Å². The van der Waals surface area contributed by atoms with E-state index < -0.39 is 11.7 Å². The van der Waals surface area contributed by atoms with Gasteiger partial charge in [0.1, 0.15) is 4.88 Å². The van der Waals surface area contributed by atoms with Gasteiger partial charge in [-0.1, -0.05) is 0 Å². The molecule has 2 N–H and O–H groups in total. The maximum Gasteiger partial charge on any atom is 0.417 e. The quantitative estimate of drug-likeness (QED) is 0.721. The molecule has 0 saturated heterocycles. The Morgan fingerprint density at radius 2 is 2.00 bits per heavy atom. The van der Waals surface area contributed by atoms with E-state index in [0.29, 0.717) is 26.5 Å². The number of hydrogen-bond acceptors (Lipinski definition) is 6. The highest BCUT2D eigenvalue weighted by atomic mass is 32.1. The molecule has 0 bridgehead atoms. The predicted molar refractivity (Wildman–Crippen MR) is 80.4 cm³/mol. The van der Waals surface area contributed by atoms with Crippen molar-refractivity contribution in [2.24, 2.45) is 0 Å². The third-order valence-corrected chi connectivity index (χ3v) is 3.96. The van der Waals surface area contributed by atoms with Gasteiger partial charge in [-0.2, -0.15) is 0 Å². The number of carbonyl (C=O) groups excluding carboxylic acids is 2. The molecule has 0 aliphatic heterocycles. The second-order valence-electron chi connectivity index (χ2n) is 4.34. The van der Waals surface area contributed by atoms with Crippen molar-refractivity contribution in [2.75, 3.05) is 12.4 Å². The minimum atomic E-state index is -0.556. The fraction of sp³-hybridized carbons (Fsp3) is 0.0714. The van der Waals surface area contributed by atoms with E-state index in [9.17, 15) is 14.4 Å². The number of fused-ring (bicyclic) bond motifs is 1. The van der Waals surface area contributed by atoms with Crippen LogP contribution in [0, 0.1) is 0 Å². The number of carbonyl (C=O) groups is 2. The van der Waals surface area contributed by atoms with Crippen LogP contribution in [-0.4, -0.2) is 24.0 Å². The summed E-state index contributed by atoms with van der Waals surface area (Å²) in [5.74, 6) is -1.40. The lowest BCUT2D eigenvalue weighted by atomic mass is 10.3. The average Bonchev–Trinajstić information content (AvgIpc) is 3.11. The number of amides is 1. The number of aromatic amines is 1. The molecule has 22 heavy (non-hydrogen) atoms. The zero-order valence-electron chi connectivity index (χ0n) is 11.3. The number of H-pyrrole nitrogens is 1. The first-order valence-electron chi connectivity index (χ1n) is 6.19. The standard InChI is InChI=1S/C14H10N2O5S/c1-20-13(18)11-5-4-10(22-11)12(17)15-7-2-3-9-8(6-7)16-14(19)21-9/h2-6H,1H3,(H,15,17)(H,16,19). The number of oxazole rings is 1. The molecule has 1 amide bonds. The number of nitrogens with one attached hydrogen (secondary N) is 2. The average molecular weight is 318 g/mol. The van der Waals surface area contributed by atoms with E-state index in [0.717, 1.165) is 11.3 Å². The van der Waals surface area contributed by atoms with Gasteiger partial charge in [0.2, 0.25) is 0 Å². The molecule has 0 saturated carbocycles. The SMILES string of the molecule is COC(=O)c1ccc(C(=O)Nc2ccc3oc(=O)[nH]c3c2)s1. The van der Waals surface area contributed by atoms with Crippen molar-refractivity contribution < 1.29 is 18.7 Å². The Balaban J connectivity index is 1.81. The van der Waals surface area contributed by atoms with Crippen LogP contribution in [0.5, 0.6) is 0 Å². The van der Waals surface area contributed by atoms with Crippen LogP contribution in [0.3, 0.4) is 0 Å². The van der Waals surface area contributed by atoms with Crippen LogP contribution in [0.1, 0.15) is 19.3 Å².